The average molecular weight is 399 g/mol. The Bertz CT molecular complexity index is 1220. The van der Waals surface area contributed by atoms with Crippen molar-refractivity contribution >= 4 is 16.8 Å². The molecule has 6 heteroatoms. The lowest BCUT2D eigenvalue weighted by atomic mass is 10.2. The third-order valence-electron chi connectivity index (χ3n) is 4.68. The van der Waals surface area contributed by atoms with Crippen LogP contribution in [0.15, 0.2) is 90.0 Å². The van der Waals surface area contributed by atoms with Gasteiger partial charge in [-0.05, 0) is 35.4 Å². The second-order valence-corrected chi connectivity index (χ2v) is 6.89. The summed E-state index contributed by atoms with van der Waals surface area (Å²) in [7, 11) is 0. The second-order valence-electron chi connectivity index (χ2n) is 6.89. The Morgan fingerprint density at radius 2 is 1.70 bits per heavy atom. The van der Waals surface area contributed by atoms with Gasteiger partial charge in [-0.2, -0.15) is 0 Å². The maximum atomic E-state index is 12.5. The van der Waals surface area contributed by atoms with E-state index in [1.807, 2.05) is 60.7 Å². The van der Waals surface area contributed by atoms with E-state index in [2.05, 4.69) is 10.3 Å². The zero-order valence-electron chi connectivity index (χ0n) is 16.3. The first-order valence-electron chi connectivity index (χ1n) is 9.65. The van der Waals surface area contributed by atoms with Gasteiger partial charge in [-0.1, -0.05) is 54.6 Å². The summed E-state index contributed by atoms with van der Waals surface area (Å²) in [6.07, 6.45) is 1.41. The van der Waals surface area contributed by atoms with Crippen LogP contribution < -0.4 is 15.6 Å². The van der Waals surface area contributed by atoms with Crippen LogP contribution >= 0.6 is 0 Å². The lowest BCUT2D eigenvalue weighted by Gasteiger charge is -2.10. The predicted molar refractivity (Wildman–Crippen MR) is 115 cm³/mol. The van der Waals surface area contributed by atoms with Gasteiger partial charge in [0.1, 0.15) is 18.9 Å². The Morgan fingerprint density at radius 1 is 0.933 bits per heavy atom. The zero-order chi connectivity index (χ0) is 20.8. The summed E-state index contributed by atoms with van der Waals surface area (Å²) < 4.78 is 7.14. The molecule has 0 bridgehead atoms. The van der Waals surface area contributed by atoms with Gasteiger partial charge in [0.25, 0.3) is 5.56 Å². The van der Waals surface area contributed by atoms with Gasteiger partial charge in [-0.15, -0.1) is 0 Å². The van der Waals surface area contributed by atoms with E-state index in [4.69, 9.17) is 4.74 Å². The molecule has 1 amide bonds. The molecule has 0 fully saturated rings. The molecule has 0 radical (unpaired) electrons. The molecule has 1 N–H and O–H groups in total. The Balaban J connectivity index is 1.35. The minimum absolute atomic E-state index is 0.0825. The van der Waals surface area contributed by atoms with Crippen LogP contribution in [0.5, 0.6) is 5.75 Å². The van der Waals surface area contributed by atoms with Crippen LogP contribution in [0.4, 0.5) is 0 Å². The molecule has 0 spiro atoms. The van der Waals surface area contributed by atoms with E-state index in [0.29, 0.717) is 24.1 Å². The molecule has 0 unspecified atom stereocenters. The average Bonchev–Trinajstić information content (AvgIpc) is 2.79. The molecule has 0 aliphatic rings. The zero-order valence-corrected chi connectivity index (χ0v) is 16.3. The molecule has 6 nitrogen and oxygen atoms in total. The normalized spacial score (nSPS) is 10.7. The van der Waals surface area contributed by atoms with E-state index in [1.165, 1.54) is 10.9 Å². The van der Waals surface area contributed by atoms with E-state index < -0.39 is 0 Å². The van der Waals surface area contributed by atoms with Gasteiger partial charge in [-0.3, -0.25) is 14.2 Å². The summed E-state index contributed by atoms with van der Waals surface area (Å²) in [5, 5.41) is 3.34. The molecule has 0 aliphatic heterocycles. The molecule has 1 heterocycles. The summed E-state index contributed by atoms with van der Waals surface area (Å²) in [4.78, 5) is 29.1. The number of aromatic nitrogens is 2. The largest absolute Gasteiger partial charge is 0.489 e. The Kier molecular flexibility index (Phi) is 5.85. The van der Waals surface area contributed by atoms with Crippen molar-refractivity contribution in [3.63, 3.8) is 0 Å². The molecule has 0 saturated carbocycles. The number of benzene rings is 3. The first-order chi connectivity index (χ1) is 14.7. The SMILES string of the molecule is O=C(Cn1cnc2ccccc2c1=O)NCc1cccc(OCc2ccccc2)c1. The number of ether oxygens (including phenoxy) is 1. The number of nitrogens with zero attached hydrogens (tertiary/aromatic N) is 2. The lowest BCUT2D eigenvalue weighted by molar-refractivity contribution is -0.121. The van der Waals surface area contributed by atoms with E-state index in [1.54, 1.807) is 18.2 Å². The number of hydrogen-bond donors (Lipinski definition) is 1. The van der Waals surface area contributed by atoms with Crippen LogP contribution in [0.3, 0.4) is 0 Å². The van der Waals surface area contributed by atoms with Crippen molar-refractivity contribution in [2.24, 2.45) is 0 Å². The minimum Gasteiger partial charge on any atom is -0.489 e. The molecule has 1 aromatic heterocycles. The maximum Gasteiger partial charge on any atom is 0.261 e. The summed E-state index contributed by atoms with van der Waals surface area (Å²) in [5.41, 5.74) is 2.39. The van der Waals surface area contributed by atoms with Crippen LogP contribution in [0.2, 0.25) is 0 Å². The smallest absolute Gasteiger partial charge is 0.261 e. The molecule has 0 aliphatic carbocycles. The van der Waals surface area contributed by atoms with E-state index in [9.17, 15) is 9.59 Å². The van der Waals surface area contributed by atoms with E-state index in [-0.39, 0.29) is 18.0 Å². The third kappa shape index (κ3) is 4.72. The fraction of sp³-hybridized carbons (Fsp3) is 0.125. The molecular weight excluding hydrogens is 378 g/mol. The standard InChI is InChI=1S/C24H21N3O3/c28-23(15-27-17-26-22-12-5-4-11-21(22)24(27)29)25-14-19-9-6-10-20(13-19)30-16-18-7-2-1-3-8-18/h1-13,17H,14-16H2,(H,25,28). The van der Waals surface area contributed by atoms with Crippen LogP contribution in [0.1, 0.15) is 11.1 Å². The Hall–Kier alpha value is -3.93. The minimum atomic E-state index is -0.259. The van der Waals surface area contributed by atoms with Crippen molar-refractivity contribution in [3.05, 3.63) is 107 Å². The molecule has 30 heavy (non-hydrogen) atoms. The summed E-state index contributed by atoms with van der Waals surface area (Å²) in [5.74, 6) is 0.477. The van der Waals surface area contributed by atoms with E-state index in [0.717, 1.165) is 16.9 Å². The van der Waals surface area contributed by atoms with Gasteiger partial charge in [0.05, 0.1) is 17.2 Å². The molecular formula is C24H21N3O3. The number of amides is 1. The second kappa shape index (κ2) is 9.05. The Labute approximate surface area is 173 Å². The summed E-state index contributed by atoms with van der Waals surface area (Å²) in [6, 6.07) is 24.6. The maximum absolute atomic E-state index is 12.5. The van der Waals surface area contributed by atoms with Crippen molar-refractivity contribution in [2.75, 3.05) is 0 Å². The van der Waals surface area contributed by atoms with Crippen molar-refractivity contribution in [1.29, 1.82) is 0 Å². The van der Waals surface area contributed by atoms with Crippen molar-refractivity contribution < 1.29 is 9.53 Å². The third-order valence-corrected chi connectivity index (χ3v) is 4.68. The predicted octanol–water partition coefficient (Wildman–Crippen LogP) is 3.29. The van der Waals surface area contributed by atoms with Crippen molar-refractivity contribution in [3.8, 4) is 5.75 Å². The lowest BCUT2D eigenvalue weighted by Crippen LogP contribution is -2.32. The topological polar surface area (TPSA) is 73.2 Å². The monoisotopic (exact) mass is 399 g/mol. The van der Waals surface area contributed by atoms with Crippen LogP contribution in [-0.4, -0.2) is 15.5 Å². The highest BCUT2D eigenvalue weighted by Gasteiger charge is 2.08. The van der Waals surface area contributed by atoms with Crippen molar-refractivity contribution in [2.45, 2.75) is 19.7 Å². The van der Waals surface area contributed by atoms with Crippen LogP contribution in [0, 0.1) is 0 Å². The highest BCUT2D eigenvalue weighted by molar-refractivity contribution is 5.78. The molecule has 0 atom stereocenters. The van der Waals surface area contributed by atoms with Gasteiger partial charge in [-0.25, -0.2) is 4.98 Å². The number of nitrogens with one attached hydrogen (secondary N) is 1. The molecule has 0 saturated heterocycles. The van der Waals surface area contributed by atoms with Gasteiger partial charge < -0.3 is 10.1 Å². The van der Waals surface area contributed by atoms with Gasteiger partial charge >= 0.3 is 0 Å². The number of rotatable bonds is 7. The van der Waals surface area contributed by atoms with Gasteiger partial charge in [0, 0.05) is 6.54 Å². The first-order valence-corrected chi connectivity index (χ1v) is 9.65. The van der Waals surface area contributed by atoms with Gasteiger partial charge in [0.15, 0.2) is 0 Å². The fourth-order valence-corrected chi connectivity index (χ4v) is 3.12. The first kappa shape index (κ1) is 19.4. The van der Waals surface area contributed by atoms with Gasteiger partial charge in [0.2, 0.25) is 5.91 Å². The molecule has 150 valence electrons. The number of carbonyl (C=O) groups is 1. The number of fused-ring (bicyclic) bond motifs is 1. The van der Waals surface area contributed by atoms with E-state index >= 15 is 0 Å². The highest BCUT2D eigenvalue weighted by atomic mass is 16.5. The molecule has 4 aromatic rings. The Morgan fingerprint density at radius 3 is 2.57 bits per heavy atom. The molecule has 3 aromatic carbocycles. The number of carbonyl (C=O) groups excluding carboxylic acids is 1. The van der Waals surface area contributed by atoms with Crippen LogP contribution in [0.25, 0.3) is 10.9 Å². The highest BCUT2D eigenvalue weighted by Crippen LogP contribution is 2.15. The van der Waals surface area contributed by atoms with Crippen LogP contribution in [-0.2, 0) is 24.5 Å². The van der Waals surface area contributed by atoms with Crippen molar-refractivity contribution in [1.82, 2.24) is 14.9 Å². The summed E-state index contributed by atoms with van der Waals surface area (Å²) >= 11 is 0. The number of hydrogen-bond acceptors (Lipinski definition) is 4. The molecule has 4 rings (SSSR count). The summed E-state index contributed by atoms with van der Waals surface area (Å²) in [6.45, 7) is 0.743. The quantitative estimate of drug-likeness (QED) is 0.518. The fourth-order valence-electron chi connectivity index (χ4n) is 3.12. The number of para-hydroxylation sites is 1.